The maximum Gasteiger partial charge on any atom is 0.311 e. The van der Waals surface area contributed by atoms with E-state index in [0.717, 1.165) is 6.42 Å². The molecule has 0 radical (unpaired) electrons. The molecule has 0 atom stereocenters. The highest BCUT2D eigenvalue weighted by Crippen LogP contribution is 2.15. The molecule has 1 amide bonds. The van der Waals surface area contributed by atoms with Crippen molar-refractivity contribution in [3.8, 4) is 0 Å². The van der Waals surface area contributed by atoms with Crippen molar-refractivity contribution in [2.24, 2.45) is 0 Å². The number of carbonyl (C=O) groups is 2. The summed E-state index contributed by atoms with van der Waals surface area (Å²) in [6, 6.07) is 1.52. The summed E-state index contributed by atoms with van der Waals surface area (Å²) >= 11 is 0. The Hall–Kier alpha value is -1.82. The molecule has 0 saturated carbocycles. The summed E-state index contributed by atoms with van der Waals surface area (Å²) in [5.41, 5.74) is 0.333. The Morgan fingerprint density at radius 2 is 2.17 bits per heavy atom. The lowest BCUT2D eigenvalue weighted by molar-refractivity contribution is -0.136. The molecular weight excluding hydrogens is 238 g/mol. The van der Waals surface area contributed by atoms with Crippen LogP contribution in [0.1, 0.15) is 22.5 Å². The van der Waals surface area contributed by atoms with Crippen molar-refractivity contribution >= 4 is 11.9 Å². The highest BCUT2D eigenvalue weighted by Gasteiger charge is 2.23. The predicted octanol–water partition coefficient (Wildman–Crippen LogP) is 0.769. The van der Waals surface area contributed by atoms with Crippen molar-refractivity contribution < 1.29 is 23.8 Å². The molecule has 0 spiro atoms. The number of amides is 1. The van der Waals surface area contributed by atoms with Gasteiger partial charge in [-0.25, -0.2) is 0 Å². The first-order valence-corrected chi connectivity index (χ1v) is 5.83. The Labute approximate surface area is 104 Å². The molecule has 98 valence electrons. The van der Waals surface area contributed by atoms with Crippen LogP contribution in [0.5, 0.6) is 0 Å². The first-order valence-electron chi connectivity index (χ1n) is 5.83. The van der Waals surface area contributed by atoms with Crippen LogP contribution in [0.25, 0.3) is 0 Å². The summed E-state index contributed by atoms with van der Waals surface area (Å²) in [4.78, 5) is 24.6. The lowest BCUT2D eigenvalue weighted by atomic mass is 10.1. The molecule has 18 heavy (non-hydrogen) atoms. The minimum atomic E-state index is -1.02. The summed E-state index contributed by atoms with van der Waals surface area (Å²) in [5.74, 6) is -0.999. The van der Waals surface area contributed by atoms with Gasteiger partial charge in [0.1, 0.15) is 12.2 Å². The maximum atomic E-state index is 12.2. The number of rotatable bonds is 3. The Kier molecular flexibility index (Phi) is 3.99. The van der Waals surface area contributed by atoms with Crippen LogP contribution in [0.4, 0.5) is 0 Å². The number of ether oxygens (including phenoxy) is 1. The van der Waals surface area contributed by atoms with Gasteiger partial charge in [0, 0.05) is 19.7 Å². The van der Waals surface area contributed by atoms with E-state index in [1.165, 1.54) is 12.3 Å². The van der Waals surface area contributed by atoms with E-state index in [2.05, 4.69) is 0 Å². The third-order valence-electron chi connectivity index (χ3n) is 2.80. The fourth-order valence-corrected chi connectivity index (χ4v) is 1.92. The number of hydrogen-bond donors (Lipinski definition) is 1. The van der Waals surface area contributed by atoms with Gasteiger partial charge in [0.15, 0.2) is 0 Å². The van der Waals surface area contributed by atoms with E-state index < -0.39 is 5.97 Å². The van der Waals surface area contributed by atoms with Gasteiger partial charge in [0.25, 0.3) is 5.91 Å². The minimum Gasteiger partial charge on any atom is -0.481 e. The van der Waals surface area contributed by atoms with Gasteiger partial charge in [0.2, 0.25) is 0 Å². The second kappa shape index (κ2) is 5.68. The third-order valence-corrected chi connectivity index (χ3v) is 2.80. The zero-order valence-electron chi connectivity index (χ0n) is 9.92. The van der Waals surface area contributed by atoms with Gasteiger partial charge in [-0.15, -0.1) is 0 Å². The molecule has 2 heterocycles. The zero-order chi connectivity index (χ0) is 13.0. The summed E-state index contributed by atoms with van der Waals surface area (Å²) in [5, 5.41) is 8.74. The van der Waals surface area contributed by atoms with Gasteiger partial charge < -0.3 is 19.2 Å². The number of nitrogens with zero attached hydrogens (tertiary/aromatic N) is 1. The first-order chi connectivity index (χ1) is 8.68. The predicted molar refractivity (Wildman–Crippen MR) is 61.4 cm³/mol. The van der Waals surface area contributed by atoms with Crippen LogP contribution in [0.15, 0.2) is 16.7 Å². The molecular formula is C12H15NO5. The second-order valence-electron chi connectivity index (χ2n) is 4.09. The van der Waals surface area contributed by atoms with Gasteiger partial charge in [-0.2, -0.15) is 0 Å². The molecule has 1 aromatic rings. The van der Waals surface area contributed by atoms with Crippen LogP contribution in [0, 0.1) is 0 Å². The van der Waals surface area contributed by atoms with Crippen LogP contribution in [0.2, 0.25) is 0 Å². The summed E-state index contributed by atoms with van der Waals surface area (Å²) in [6.07, 6.45) is 1.86. The van der Waals surface area contributed by atoms with Gasteiger partial charge in [0.05, 0.1) is 18.4 Å². The Morgan fingerprint density at radius 1 is 1.33 bits per heavy atom. The number of hydrogen-bond acceptors (Lipinski definition) is 4. The van der Waals surface area contributed by atoms with Crippen molar-refractivity contribution in [2.75, 3.05) is 26.3 Å². The van der Waals surface area contributed by atoms with Crippen molar-refractivity contribution in [3.63, 3.8) is 0 Å². The number of carbonyl (C=O) groups excluding carboxylic acids is 1. The van der Waals surface area contributed by atoms with E-state index in [1.807, 2.05) is 0 Å². The van der Waals surface area contributed by atoms with E-state index >= 15 is 0 Å². The molecule has 0 aliphatic carbocycles. The highest BCUT2D eigenvalue weighted by atomic mass is 16.5. The number of carboxylic acids is 1. The Bertz CT molecular complexity index is 431. The molecule has 0 bridgehead atoms. The van der Waals surface area contributed by atoms with Gasteiger partial charge in [-0.05, 0) is 12.5 Å². The van der Waals surface area contributed by atoms with Gasteiger partial charge >= 0.3 is 5.97 Å². The molecule has 0 aromatic carbocycles. The molecule has 1 aliphatic rings. The molecule has 6 heteroatoms. The second-order valence-corrected chi connectivity index (χ2v) is 4.09. The minimum absolute atomic E-state index is 0.189. The fourth-order valence-electron chi connectivity index (χ4n) is 1.92. The molecule has 1 aliphatic heterocycles. The van der Waals surface area contributed by atoms with E-state index in [-0.39, 0.29) is 18.1 Å². The van der Waals surface area contributed by atoms with E-state index in [1.54, 1.807) is 4.90 Å². The maximum absolute atomic E-state index is 12.2. The van der Waals surface area contributed by atoms with Crippen molar-refractivity contribution in [2.45, 2.75) is 12.8 Å². The van der Waals surface area contributed by atoms with Crippen LogP contribution >= 0.6 is 0 Å². The smallest absolute Gasteiger partial charge is 0.311 e. The highest BCUT2D eigenvalue weighted by molar-refractivity contribution is 5.96. The quantitative estimate of drug-likeness (QED) is 0.860. The molecule has 0 unspecified atom stereocenters. The number of furan rings is 1. The number of aliphatic carboxylic acids is 1. The third kappa shape index (κ3) is 2.89. The zero-order valence-corrected chi connectivity index (χ0v) is 9.92. The Balaban J connectivity index is 2.12. The van der Waals surface area contributed by atoms with Crippen LogP contribution in [-0.2, 0) is 16.0 Å². The van der Waals surface area contributed by atoms with Crippen molar-refractivity contribution in [3.05, 3.63) is 23.7 Å². The Morgan fingerprint density at radius 3 is 2.94 bits per heavy atom. The van der Waals surface area contributed by atoms with Crippen LogP contribution < -0.4 is 0 Å². The SMILES string of the molecule is O=C(O)Cc1occc1C(=O)N1CCCOCC1. The van der Waals surface area contributed by atoms with Crippen LogP contribution in [-0.4, -0.2) is 48.2 Å². The van der Waals surface area contributed by atoms with Gasteiger partial charge in [-0.3, -0.25) is 9.59 Å². The molecule has 1 N–H and O–H groups in total. The molecule has 2 rings (SSSR count). The van der Waals surface area contributed by atoms with Crippen LogP contribution in [0.3, 0.4) is 0 Å². The van der Waals surface area contributed by atoms with Gasteiger partial charge in [-0.1, -0.05) is 0 Å². The van der Waals surface area contributed by atoms with Crippen molar-refractivity contribution in [1.29, 1.82) is 0 Å². The summed E-state index contributed by atoms with van der Waals surface area (Å²) < 4.78 is 10.3. The lowest BCUT2D eigenvalue weighted by Crippen LogP contribution is -2.33. The largest absolute Gasteiger partial charge is 0.481 e. The lowest BCUT2D eigenvalue weighted by Gasteiger charge is -2.19. The standard InChI is InChI=1S/C12H15NO5/c14-11(15)8-10-9(2-6-18-10)12(16)13-3-1-5-17-7-4-13/h2,6H,1,3-5,7-8H2,(H,14,15). The molecule has 1 saturated heterocycles. The first kappa shape index (κ1) is 12.6. The summed E-state index contributed by atoms with van der Waals surface area (Å²) in [7, 11) is 0. The normalized spacial score (nSPS) is 16.3. The van der Waals surface area contributed by atoms with E-state index in [9.17, 15) is 9.59 Å². The average molecular weight is 253 g/mol. The molecule has 1 aromatic heterocycles. The van der Waals surface area contributed by atoms with Crippen molar-refractivity contribution in [1.82, 2.24) is 4.90 Å². The average Bonchev–Trinajstić information content (AvgIpc) is 2.63. The summed E-state index contributed by atoms with van der Waals surface area (Å²) in [6.45, 7) is 2.31. The van der Waals surface area contributed by atoms with E-state index in [4.69, 9.17) is 14.3 Å². The monoisotopic (exact) mass is 253 g/mol. The molecule has 1 fully saturated rings. The fraction of sp³-hybridized carbons (Fsp3) is 0.500. The number of carboxylic acid groups (broad SMARTS) is 1. The molecule has 6 nitrogen and oxygen atoms in total. The van der Waals surface area contributed by atoms with E-state index in [0.29, 0.717) is 31.9 Å². The topological polar surface area (TPSA) is 80.0 Å².